The summed E-state index contributed by atoms with van der Waals surface area (Å²) in [7, 11) is 1.36. The molecule has 0 spiro atoms. The number of amides is 1. The van der Waals surface area contributed by atoms with Crippen molar-refractivity contribution < 1.29 is 28.2 Å². The summed E-state index contributed by atoms with van der Waals surface area (Å²) in [5.74, 6) is -3.76. The number of hydrogen-bond donors (Lipinski definition) is 1. The predicted molar refractivity (Wildman–Crippen MR) is 121 cm³/mol. The number of ketones is 1. The maximum absolute atomic E-state index is 14.8. The van der Waals surface area contributed by atoms with Gasteiger partial charge in [0.05, 0.1) is 28.8 Å². The molecule has 168 valence electrons. The van der Waals surface area contributed by atoms with E-state index >= 15 is 0 Å². The zero-order valence-corrected chi connectivity index (χ0v) is 18.5. The lowest BCUT2D eigenvalue weighted by molar-refractivity contribution is -0.132. The van der Waals surface area contributed by atoms with Crippen LogP contribution in [0.1, 0.15) is 17.2 Å². The van der Waals surface area contributed by atoms with Crippen molar-refractivity contribution in [2.75, 3.05) is 12.0 Å². The molecule has 33 heavy (non-hydrogen) atoms. The van der Waals surface area contributed by atoms with Gasteiger partial charge in [0.2, 0.25) is 0 Å². The van der Waals surface area contributed by atoms with E-state index < -0.39 is 35.1 Å². The maximum atomic E-state index is 14.8. The second-order valence-corrected chi connectivity index (χ2v) is 7.95. The Morgan fingerprint density at radius 3 is 2.18 bits per heavy atom. The molecule has 0 radical (unpaired) electrons. The molecule has 1 aliphatic rings. The molecule has 3 aromatic rings. The molecule has 1 heterocycles. The van der Waals surface area contributed by atoms with E-state index in [9.17, 15) is 23.5 Å². The van der Waals surface area contributed by atoms with Crippen molar-refractivity contribution in [3.63, 3.8) is 0 Å². The number of carbonyl (C=O) groups is 2. The van der Waals surface area contributed by atoms with Crippen LogP contribution in [0.4, 0.5) is 14.5 Å². The molecule has 1 fully saturated rings. The smallest absolute Gasteiger partial charge is 0.300 e. The van der Waals surface area contributed by atoms with Crippen LogP contribution in [0.5, 0.6) is 5.75 Å². The number of anilines is 1. The van der Waals surface area contributed by atoms with E-state index in [1.165, 1.54) is 55.6 Å². The number of aliphatic hydroxyl groups is 1. The van der Waals surface area contributed by atoms with E-state index in [0.717, 1.165) is 17.0 Å². The lowest BCUT2D eigenvalue weighted by Gasteiger charge is -2.25. The van der Waals surface area contributed by atoms with Crippen molar-refractivity contribution in [2.24, 2.45) is 0 Å². The van der Waals surface area contributed by atoms with Gasteiger partial charge in [-0.2, -0.15) is 0 Å². The standard InChI is InChI=1S/C24H15Cl2F2NO4/c1-33-23-16(25)10-12(11-17(23)26)21(30)19-20(15-4-2-3-5-18(15)28)29(24(32)22(19)31)14-8-6-13(27)7-9-14/h2-11,20,30H,1H3/b21-19+. The van der Waals surface area contributed by atoms with Gasteiger partial charge in [-0.25, -0.2) is 8.78 Å². The third-order valence-corrected chi connectivity index (χ3v) is 5.79. The molecule has 1 N–H and O–H groups in total. The van der Waals surface area contributed by atoms with Gasteiger partial charge in [0.1, 0.15) is 17.4 Å². The monoisotopic (exact) mass is 489 g/mol. The fraction of sp³-hybridized carbons (Fsp3) is 0.0833. The Bertz CT molecular complexity index is 1290. The minimum Gasteiger partial charge on any atom is -0.507 e. The van der Waals surface area contributed by atoms with Gasteiger partial charge < -0.3 is 9.84 Å². The Kier molecular flexibility index (Phi) is 6.10. The summed E-state index contributed by atoms with van der Waals surface area (Å²) in [4.78, 5) is 27.1. The largest absolute Gasteiger partial charge is 0.507 e. The van der Waals surface area contributed by atoms with Crippen molar-refractivity contribution in [2.45, 2.75) is 6.04 Å². The Balaban J connectivity index is 1.98. The number of methoxy groups -OCH3 is 1. The van der Waals surface area contributed by atoms with Crippen LogP contribution < -0.4 is 9.64 Å². The summed E-state index contributed by atoms with van der Waals surface area (Å²) in [5.41, 5.74) is -0.221. The second kappa shape index (κ2) is 8.84. The van der Waals surface area contributed by atoms with E-state index in [2.05, 4.69) is 0 Å². The van der Waals surface area contributed by atoms with Crippen LogP contribution in [0.15, 0.2) is 66.2 Å². The molecule has 1 atom stereocenters. The van der Waals surface area contributed by atoms with Crippen molar-refractivity contribution >= 4 is 46.3 Å². The quantitative estimate of drug-likeness (QED) is 0.281. The SMILES string of the molecule is COc1c(Cl)cc(/C(O)=C2\C(=O)C(=O)N(c3ccc(F)cc3)C2c2ccccc2F)cc1Cl. The van der Waals surface area contributed by atoms with Gasteiger partial charge in [0, 0.05) is 16.8 Å². The van der Waals surface area contributed by atoms with Gasteiger partial charge in [0.15, 0.2) is 5.75 Å². The van der Waals surface area contributed by atoms with Crippen LogP contribution in [0.2, 0.25) is 10.0 Å². The first kappa shape index (κ1) is 22.8. The van der Waals surface area contributed by atoms with Crippen molar-refractivity contribution in [3.05, 3.63) is 99.0 Å². The molecule has 1 aliphatic heterocycles. The number of carbonyl (C=O) groups excluding carboxylic acids is 2. The third kappa shape index (κ3) is 3.94. The number of Topliss-reactive ketones (excluding diaryl/α,β-unsaturated/α-hetero) is 1. The number of nitrogens with zero attached hydrogens (tertiary/aromatic N) is 1. The van der Waals surface area contributed by atoms with Crippen LogP contribution >= 0.6 is 23.2 Å². The van der Waals surface area contributed by atoms with Gasteiger partial charge >= 0.3 is 0 Å². The van der Waals surface area contributed by atoms with Crippen LogP contribution in [0.25, 0.3) is 5.76 Å². The van der Waals surface area contributed by atoms with Crippen molar-refractivity contribution in [3.8, 4) is 5.75 Å². The van der Waals surface area contributed by atoms with Crippen molar-refractivity contribution in [1.29, 1.82) is 0 Å². The molecule has 0 aromatic heterocycles. The van der Waals surface area contributed by atoms with Crippen LogP contribution in [-0.4, -0.2) is 23.9 Å². The van der Waals surface area contributed by atoms with E-state index in [1.54, 1.807) is 0 Å². The minimum atomic E-state index is -1.32. The second-order valence-electron chi connectivity index (χ2n) is 7.14. The van der Waals surface area contributed by atoms with Crippen LogP contribution in [-0.2, 0) is 9.59 Å². The lowest BCUT2D eigenvalue weighted by atomic mass is 9.94. The summed E-state index contributed by atoms with van der Waals surface area (Å²) in [6, 6.07) is 11.6. The average Bonchev–Trinajstić information content (AvgIpc) is 3.04. The number of ether oxygens (including phenoxy) is 1. The molecule has 0 saturated carbocycles. The summed E-state index contributed by atoms with van der Waals surface area (Å²) in [6.45, 7) is 0. The summed E-state index contributed by atoms with van der Waals surface area (Å²) >= 11 is 12.3. The first-order valence-electron chi connectivity index (χ1n) is 9.59. The fourth-order valence-electron chi connectivity index (χ4n) is 3.74. The summed E-state index contributed by atoms with van der Waals surface area (Å²) < 4.78 is 33.4. The maximum Gasteiger partial charge on any atom is 0.300 e. The first-order chi connectivity index (χ1) is 15.7. The van der Waals surface area contributed by atoms with Crippen LogP contribution in [0, 0.1) is 11.6 Å². The molecule has 5 nitrogen and oxygen atoms in total. The van der Waals surface area contributed by atoms with Crippen molar-refractivity contribution in [1.82, 2.24) is 0 Å². The summed E-state index contributed by atoms with van der Waals surface area (Å²) in [5, 5.41) is 11.2. The number of halogens is 4. The molecule has 4 rings (SSSR count). The lowest BCUT2D eigenvalue weighted by Crippen LogP contribution is -2.29. The molecule has 1 unspecified atom stereocenters. The van der Waals surface area contributed by atoms with Gasteiger partial charge in [-0.05, 0) is 42.5 Å². The minimum absolute atomic E-state index is 0.0317. The molecule has 9 heteroatoms. The fourth-order valence-corrected chi connectivity index (χ4v) is 4.38. The first-order valence-corrected chi connectivity index (χ1v) is 10.3. The normalized spacial score (nSPS) is 17.5. The Morgan fingerprint density at radius 2 is 1.61 bits per heavy atom. The van der Waals surface area contributed by atoms with Gasteiger partial charge in [-0.1, -0.05) is 41.4 Å². The highest BCUT2D eigenvalue weighted by atomic mass is 35.5. The average molecular weight is 490 g/mol. The summed E-state index contributed by atoms with van der Waals surface area (Å²) in [6.07, 6.45) is 0. The highest BCUT2D eigenvalue weighted by molar-refractivity contribution is 6.51. The Hall–Kier alpha value is -3.42. The molecule has 0 bridgehead atoms. The highest BCUT2D eigenvalue weighted by Crippen LogP contribution is 2.44. The predicted octanol–water partition coefficient (Wildman–Crippen LogP) is 5.91. The molecule has 3 aromatic carbocycles. The molecule has 1 amide bonds. The van der Waals surface area contributed by atoms with E-state index in [0.29, 0.717) is 0 Å². The zero-order valence-electron chi connectivity index (χ0n) is 17.0. The number of rotatable bonds is 4. The zero-order chi connectivity index (χ0) is 23.9. The Labute approximate surface area is 197 Å². The molecular formula is C24H15Cl2F2NO4. The Morgan fingerprint density at radius 1 is 1.00 bits per heavy atom. The molecule has 1 saturated heterocycles. The number of aliphatic hydroxyl groups excluding tert-OH is 1. The van der Waals surface area contributed by atoms with Gasteiger partial charge in [-0.15, -0.1) is 0 Å². The van der Waals surface area contributed by atoms with Gasteiger partial charge in [0.25, 0.3) is 11.7 Å². The topological polar surface area (TPSA) is 66.8 Å². The van der Waals surface area contributed by atoms with Crippen LogP contribution in [0.3, 0.4) is 0 Å². The number of benzene rings is 3. The molecule has 0 aliphatic carbocycles. The third-order valence-electron chi connectivity index (χ3n) is 5.22. The highest BCUT2D eigenvalue weighted by Gasteiger charge is 2.47. The van der Waals surface area contributed by atoms with E-state index in [-0.39, 0.29) is 38.2 Å². The number of hydrogen-bond acceptors (Lipinski definition) is 4. The molecular weight excluding hydrogens is 475 g/mol. The van der Waals surface area contributed by atoms with Gasteiger partial charge in [-0.3, -0.25) is 14.5 Å². The van der Waals surface area contributed by atoms with E-state index in [1.807, 2.05) is 0 Å². The van der Waals surface area contributed by atoms with E-state index in [4.69, 9.17) is 27.9 Å².